The van der Waals surface area contributed by atoms with Crippen LogP contribution in [-0.2, 0) is 11.2 Å². The van der Waals surface area contributed by atoms with Crippen LogP contribution in [0.5, 0.6) is 0 Å². The van der Waals surface area contributed by atoms with E-state index in [2.05, 4.69) is 28.3 Å². The molecule has 0 spiro atoms. The van der Waals surface area contributed by atoms with Crippen LogP contribution in [-0.4, -0.2) is 18.0 Å². The van der Waals surface area contributed by atoms with E-state index in [0.29, 0.717) is 6.54 Å². The number of carbonyl (C=O) groups excluding carboxylic acids is 1. The summed E-state index contributed by atoms with van der Waals surface area (Å²) in [6, 6.07) is 10.1. The third-order valence-corrected chi connectivity index (χ3v) is 3.06. The van der Waals surface area contributed by atoms with Crippen LogP contribution in [0.3, 0.4) is 0 Å². The first-order valence-electron chi connectivity index (χ1n) is 6.15. The Labute approximate surface area is 107 Å². The molecule has 0 unspecified atom stereocenters. The number of hydrogen-bond donors (Lipinski definition) is 3. The van der Waals surface area contributed by atoms with Gasteiger partial charge in [0.2, 0.25) is 0 Å². The third-order valence-electron chi connectivity index (χ3n) is 3.06. The molecule has 0 atom stereocenters. The molecule has 1 heterocycles. The van der Waals surface area contributed by atoms with Gasteiger partial charge in [-0.2, -0.15) is 0 Å². The third kappa shape index (κ3) is 2.90. The number of carbonyl (C=O) groups is 1. The van der Waals surface area contributed by atoms with Crippen LogP contribution in [0.25, 0.3) is 0 Å². The van der Waals surface area contributed by atoms with Crippen LogP contribution in [0.1, 0.15) is 19.4 Å². The molecule has 3 N–H and O–H groups in total. The normalized spacial score (nSPS) is 16.9. The molecular formula is C14H19N3O. The van der Waals surface area contributed by atoms with Crippen LogP contribution in [0.4, 0.5) is 0 Å². The Morgan fingerprint density at radius 2 is 2.00 bits per heavy atom. The summed E-state index contributed by atoms with van der Waals surface area (Å²) in [4.78, 5) is 12.0. The monoisotopic (exact) mass is 245 g/mol. The van der Waals surface area contributed by atoms with Crippen molar-refractivity contribution < 1.29 is 4.79 Å². The topological polar surface area (TPSA) is 53.2 Å². The van der Waals surface area contributed by atoms with Crippen LogP contribution in [0.2, 0.25) is 0 Å². The highest BCUT2D eigenvalue weighted by atomic mass is 16.1. The van der Waals surface area contributed by atoms with Crippen molar-refractivity contribution >= 4 is 5.91 Å². The van der Waals surface area contributed by atoms with Crippen molar-refractivity contribution in [1.29, 1.82) is 0 Å². The van der Waals surface area contributed by atoms with Gasteiger partial charge in [-0.05, 0) is 25.8 Å². The Kier molecular flexibility index (Phi) is 3.67. The SMILES string of the molecule is CC1(C)NNC=C1C(=O)NCCc1ccccc1. The maximum atomic E-state index is 12.0. The van der Waals surface area contributed by atoms with Crippen LogP contribution in [0.15, 0.2) is 42.1 Å². The Hall–Kier alpha value is -1.81. The minimum atomic E-state index is -0.323. The first-order chi connectivity index (χ1) is 8.59. The average molecular weight is 245 g/mol. The van der Waals surface area contributed by atoms with E-state index in [4.69, 9.17) is 0 Å². The summed E-state index contributed by atoms with van der Waals surface area (Å²) in [5.41, 5.74) is 7.55. The number of amides is 1. The molecule has 96 valence electrons. The fraction of sp³-hybridized carbons (Fsp3) is 0.357. The van der Waals surface area contributed by atoms with Gasteiger partial charge in [-0.3, -0.25) is 4.79 Å². The fourth-order valence-electron chi connectivity index (χ4n) is 1.95. The lowest BCUT2D eigenvalue weighted by Crippen LogP contribution is -2.44. The zero-order valence-corrected chi connectivity index (χ0v) is 10.8. The summed E-state index contributed by atoms with van der Waals surface area (Å²) in [6.45, 7) is 4.58. The van der Waals surface area contributed by atoms with Gasteiger partial charge in [-0.1, -0.05) is 30.3 Å². The van der Waals surface area contributed by atoms with Gasteiger partial charge in [-0.15, -0.1) is 0 Å². The van der Waals surface area contributed by atoms with E-state index in [-0.39, 0.29) is 11.4 Å². The largest absolute Gasteiger partial charge is 0.352 e. The molecule has 1 aromatic rings. The lowest BCUT2D eigenvalue weighted by atomic mass is 9.96. The number of rotatable bonds is 4. The summed E-state index contributed by atoms with van der Waals surface area (Å²) >= 11 is 0. The Morgan fingerprint density at radius 3 is 2.61 bits per heavy atom. The molecule has 0 fully saturated rings. The second-order valence-corrected chi connectivity index (χ2v) is 4.94. The molecule has 1 aromatic carbocycles. The first kappa shape index (κ1) is 12.6. The molecular weight excluding hydrogens is 226 g/mol. The van der Waals surface area contributed by atoms with Crippen molar-refractivity contribution in [1.82, 2.24) is 16.2 Å². The van der Waals surface area contributed by atoms with Crippen LogP contribution < -0.4 is 16.2 Å². The van der Waals surface area contributed by atoms with E-state index >= 15 is 0 Å². The molecule has 0 bridgehead atoms. The second-order valence-electron chi connectivity index (χ2n) is 4.94. The predicted molar refractivity (Wildman–Crippen MR) is 71.6 cm³/mol. The molecule has 1 aliphatic rings. The molecule has 4 nitrogen and oxygen atoms in total. The van der Waals surface area contributed by atoms with E-state index < -0.39 is 0 Å². The summed E-state index contributed by atoms with van der Waals surface area (Å²) in [5, 5.41) is 2.94. The molecule has 0 aliphatic carbocycles. The van der Waals surface area contributed by atoms with Gasteiger partial charge in [0.05, 0.1) is 11.1 Å². The minimum Gasteiger partial charge on any atom is -0.352 e. The van der Waals surface area contributed by atoms with Crippen molar-refractivity contribution in [2.75, 3.05) is 6.54 Å². The number of hydrazine groups is 1. The predicted octanol–water partition coefficient (Wildman–Crippen LogP) is 1.12. The number of nitrogens with one attached hydrogen (secondary N) is 3. The molecule has 0 aromatic heterocycles. The highest BCUT2D eigenvalue weighted by Gasteiger charge is 2.31. The average Bonchev–Trinajstić information content (AvgIpc) is 2.70. The summed E-state index contributed by atoms with van der Waals surface area (Å²) in [5.74, 6) is -0.0200. The second kappa shape index (κ2) is 5.23. The van der Waals surface area contributed by atoms with Crippen molar-refractivity contribution in [3.05, 3.63) is 47.7 Å². The van der Waals surface area contributed by atoms with Gasteiger partial charge in [0.15, 0.2) is 0 Å². The summed E-state index contributed by atoms with van der Waals surface area (Å²) in [6.07, 6.45) is 2.57. The van der Waals surface area contributed by atoms with E-state index in [1.807, 2.05) is 32.0 Å². The first-order valence-corrected chi connectivity index (χ1v) is 6.15. The quantitative estimate of drug-likeness (QED) is 0.745. The van der Waals surface area contributed by atoms with Crippen molar-refractivity contribution in [3.63, 3.8) is 0 Å². The van der Waals surface area contributed by atoms with Crippen molar-refractivity contribution in [2.24, 2.45) is 0 Å². The number of hydrogen-bond acceptors (Lipinski definition) is 3. The maximum Gasteiger partial charge on any atom is 0.250 e. The Bertz CT molecular complexity index is 451. The lowest BCUT2D eigenvalue weighted by Gasteiger charge is -2.21. The Balaban J connectivity index is 1.83. The van der Waals surface area contributed by atoms with E-state index in [9.17, 15) is 4.79 Å². The van der Waals surface area contributed by atoms with Crippen LogP contribution in [0, 0.1) is 0 Å². The molecule has 1 aliphatic heterocycles. The van der Waals surface area contributed by atoms with Gasteiger partial charge in [0, 0.05) is 12.7 Å². The highest BCUT2D eigenvalue weighted by Crippen LogP contribution is 2.18. The van der Waals surface area contributed by atoms with Gasteiger partial charge in [0.25, 0.3) is 5.91 Å². The Morgan fingerprint density at radius 1 is 1.28 bits per heavy atom. The molecule has 0 saturated carbocycles. The summed E-state index contributed by atoms with van der Waals surface area (Å²) < 4.78 is 0. The van der Waals surface area contributed by atoms with Crippen LogP contribution >= 0.6 is 0 Å². The molecule has 18 heavy (non-hydrogen) atoms. The standard InChI is InChI=1S/C14H19N3O/c1-14(2)12(10-16-17-14)13(18)15-9-8-11-6-4-3-5-7-11/h3-7,10,16-17H,8-9H2,1-2H3,(H,15,18). The number of benzene rings is 1. The lowest BCUT2D eigenvalue weighted by molar-refractivity contribution is -0.118. The van der Waals surface area contributed by atoms with Gasteiger partial charge in [0.1, 0.15) is 0 Å². The summed E-state index contributed by atoms with van der Waals surface area (Å²) in [7, 11) is 0. The maximum absolute atomic E-state index is 12.0. The molecule has 0 radical (unpaired) electrons. The molecule has 1 amide bonds. The van der Waals surface area contributed by atoms with Gasteiger partial charge >= 0.3 is 0 Å². The van der Waals surface area contributed by atoms with E-state index in [1.54, 1.807) is 6.20 Å². The van der Waals surface area contributed by atoms with Gasteiger partial charge in [-0.25, -0.2) is 5.43 Å². The molecule has 4 heteroatoms. The smallest absolute Gasteiger partial charge is 0.250 e. The van der Waals surface area contributed by atoms with Gasteiger partial charge < -0.3 is 10.7 Å². The van der Waals surface area contributed by atoms with E-state index in [0.717, 1.165) is 12.0 Å². The zero-order chi connectivity index (χ0) is 13.0. The fourth-order valence-corrected chi connectivity index (χ4v) is 1.95. The molecule has 0 saturated heterocycles. The molecule has 2 rings (SSSR count). The van der Waals surface area contributed by atoms with Crippen molar-refractivity contribution in [2.45, 2.75) is 25.8 Å². The van der Waals surface area contributed by atoms with E-state index in [1.165, 1.54) is 5.56 Å². The van der Waals surface area contributed by atoms with Crippen molar-refractivity contribution in [3.8, 4) is 0 Å². The minimum absolute atomic E-state index is 0.0200. The zero-order valence-electron chi connectivity index (χ0n) is 10.8. The highest BCUT2D eigenvalue weighted by molar-refractivity contribution is 5.95.